The number of esters is 1. The second-order valence-corrected chi connectivity index (χ2v) is 4.94. The highest BCUT2D eigenvalue weighted by atomic mass is 16.7. The fourth-order valence-corrected chi connectivity index (χ4v) is 1.82. The third kappa shape index (κ3) is 6.49. The summed E-state index contributed by atoms with van der Waals surface area (Å²) in [5, 5.41) is 15.3. The van der Waals surface area contributed by atoms with Crippen LogP contribution in [0.15, 0.2) is 36.0 Å². The summed E-state index contributed by atoms with van der Waals surface area (Å²) < 4.78 is 14.3. The molecule has 0 aromatic heterocycles. The molecule has 1 aromatic rings. The predicted octanol–water partition coefficient (Wildman–Crippen LogP) is 0.117. The Labute approximate surface area is 154 Å². The summed E-state index contributed by atoms with van der Waals surface area (Å²) >= 11 is 0. The molecule has 0 aliphatic carbocycles. The highest BCUT2D eigenvalue weighted by molar-refractivity contribution is 6.16. The summed E-state index contributed by atoms with van der Waals surface area (Å²) in [7, 11) is 3.83. The first-order valence-corrected chi connectivity index (χ1v) is 7.51. The van der Waals surface area contributed by atoms with Gasteiger partial charge in [0.25, 0.3) is 17.5 Å². The molecule has 146 valence electrons. The van der Waals surface area contributed by atoms with Gasteiger partial charge >= 0.3 is 5.97 Å². The Kier molecular flexibility index (Phi) is 8.56. The topological polar surface area (TPSA) is 146 Å². The van der Waals surface area contributed by atoms with Gasteiger partial charge in [-0.2, -0.15) is 0 Å². The molecule has 0 atom stereocenters. The number of nitrogens with zero attached hydrogens (tertiary/aromatic N) is 1. The maximum Gasteiger partial charge on any atom is 0.344 e. The van der Waals surface area contributed by atoms with Crippen LogP contribution >= 0.6 is 0 Å². The minimum atomic E-state index is -0.970. The Balaban J connectivity index is 2.85. The van der Waals surface area contributed by atoms with Gasteiger partial charge in [-0.1, -0.05) is 0 Å². The van der Waals surface area contributed by atoms with Crippen LogP contribution in [0.25, 0.3) is 0 Å². The van der Waals surface area contributed by atoms with Gasteiger partial charge in [0.2, 0.25) is 0 Å². The Morgan fingerprint density at radius 1 is 1.15 bits per heavy atom. The van der Waals surface area contributed by atoms with Crippen LogP contribution in [0.1, 0.15) is 10.4 Å². The number of carbonyl (C=O) groups excluding carboxylic acids is 3. The zero-order valence-corrected chi connectivity index (χ0v) is 14.9. The molecule has 1 aromatic carbocycles. The predicted molar refractivity (Wildman–Crippen MR) is 91.5 cm³/mol. The van der Waals surface area contributed by atoms with Crippen LogP contribution in [0.2, 0.25) is 0 Å². The van der Waals surface area contributed by atoms with Crippen molar-refractivity contribution in [1.29, 1.82) is 0 Å². The normalized spacial score (nSPS) is 11.0. The van der Waals surface area contributed by atoms with Gasteiger partial charge in [0.15, 0.2) is 6.29 Å². The molecule has 11 nitrogen and oxygen atoms in total. The SMILES string of the molecule is COC(=O)/C(=C/NC(=O)c1ccc([N+](=O)[O-])cc1)C(=O)NCC(OC)OC. The van der Waals surface area contributed by atoms with E-state index in [1.165, 1.54) is 26.4 Å². The van der Waals surface area contributed by atoms with E-state index in [-0.39, 0.29) is 17.8 Å². The molecule has 2 amide bonds. The van der Waals surface area contributed by atoms with Crippen molar-refractivity contribution in [2.24, 2.45) is 0 Å². The lowest BCUT2D eigenvalue weighted by Gasteiger charge is -2.14. The number of hydrogen-bond acceptors (Lipinski definition) is 8. The fourth-order valence-electron chi connectivity index (χ4n) is 1.82. The average molecular weight is 381 g/mol. The van der Waals surface area contributed by atoms with Crippen LogP contribution in [0.4, 0.5) is 5.69 Å². The number of rotatable bonds is 9. The van der Waals surface area contributed by atoms with Crippen molar-refractivity contribution in [1.82, 2.24) is 10.6 Å². The highest BCUT2D eigenvalue weighted by Gasteiger charge is 2.21. The Morgan fingerprint density at radius 2 is 1.74 bits per heavy atom. The fraction of sp³-hybridized carbons (Fsp3) is 0.312. The first-order chi connectivity index (χ1) is 12.8. The van der Waals surface area contributed by atoms with Gasteiger partial charge in [-0.25, -0.2) is 4.79 Å². The molecule has 0 spiro atoms. The van der Waals surface area contributed by atoms with Crippen LogP contribution in [-0.2, 0) is 23.8 Å². The molecule has 0 saturated heterocycles. The molecule has 0 aliphatic rings. The summed E-state index contributed by atoms with van der Waals surface area (Å²) in [5.41, 5.74) is -0.540. The van der Waals surface area contributed by atoms with Crippen LogP contribution in [-0.4, -0.2) is 56.9 Å². The summed E-state index contributed by atoms with van der Waals surface area (Å²) in [6, 6.07) is 4.78. The van der Waals surface area contributed by atoms with E-state index in [0.29, 0.717) is 0 Å². The first-order valence-electron chi connectivity index (χ1n) is 7.51. The number of ether oxygens (including phenoxy) is 3. The lowest BCUT2D eigenvalue weighted by Crippen LogP contribution is -2.37. The molecule has 2 N–H and O–H groups in total. The monoisotopic (exact) mass is 381 g/mol. The van der Waals surface area contributed by atoms with Crippen molar-refractivity contribution in [3.05, 3.63) is 51.7 Å². The van der Waals surface area contributed by atoms with Crippen molar-refractivity contribution < 1.29 is 33.5 Å². The highest BCUT2D eigenvalue weighted by Crippen LogP contribution is 2.11. The third-order valence-electron chi connectivity index (χ3n) is 3.29. The van der Waals surface area contributed by atoms with Crippen LogP contribution < -0.4 is 10.6 Å². The van der Waals surface area contributed by atoms with E-state index in [0.717, 1.165) is 25.4 Å². The molecule has 0 bridgehead atoms. The van der Waals surface area contributed by atoms with Crippen molar-refractivity contribution in [3.63, 3.8) is 0 Å². The summed E-state index contributed by atoms with van der Waals surface area (Å²) in [6.07, 6.45) is 0.169. The quantitative estimate of drug-likeness (QED) is 0.117. The maximum absolute atomic E-state index is 12.1. The van der Waals surface area contributed by atoms with Gasteiger partial charge in [0, 0.05) is 38.1 Å². The maximum atomic E-state index is 12.1. The Morgan fingerprint density at radius 3 is 2.22 bits per heavy atom. The zero-order valence-electron chi connectivity index (χ0n) is 14.9. The van der Waals surface area contributed by atoms with E-state index in [2.05, 4.69) is 15.4 Å². The van der Waals surface area contributed by atoms with Crippen molar-refractivity contribution in [3.8, 4) is 0 Å². The summed E-state index contributed by atoms with van der Waals surface area (Å²) in [6.45, 7) is -0.0452. The minimum Gasteiger partial charge on any atom is -0.465 e. The molecule has 0 unspecified atom stereocenters. The largest absolute Gasteiger partial charge is 0.465 e. The number of benzene rings is 1. The number of nitro groups is 1. The van der Waals surface area contributed by atoms with Gasteiger partial charge in [-0.3, -0.25) is 19.7 Å². The van der Waals surface area contributed by atoms with Crippen molar-refractivity contribution in [2.45, 2.75) is 6.29 Å². The Hall–Kier alpha value is -3.31. The average Bonchev–Trinajstić information content (AvgIpc) is 2.68. The summed E-state index contributed by atoms with van der Waals surface area (Å²) in [4.78, 5) is 46.0. The molecule has 0 aliphatic heterocycles. The third-order valence-corrected chi connectivity index (χ3v) is 3.29. The van der Waals surface area contributed by atoms with Gasteiger partial charge in [-0.15, -0.1) is 0 Å². The standard InChI is InChI=1S/C16H19N3O8/c1-25-13(26-2)9-18-15(21)12(16(22)27-3)8-17-14(20)10-4-6-11(7-5-10)19(23)24/h4-8,13H,9H2,1-3H3,(H,17,20)(H,18,21)/b12-8+. The molecule has 11 heteroatoms. The second-order valence-electron chi connectivity index (χ2n) is 4.94. The zero-order chi connectivity index (χ0) is 20.4. The van der Waals surface area contributed by atoms with Crippen LogP contribution in [0.5, 0.6) is 0 Å². The number of amides is 2. The van der Waals surface area contributed by atoms with E-state index >= 15 is 0 Å². The molecular weight excluding hydrogens is 362 g/mol. The van der Waals surface area contributed by atoms with Gasteiger partial charge in [0.05, 0.1) is 18.6 Å². The van der Waals surface area contributed by atoms with E-state index in [1.807, 2.05) is 0 Å². The molecule has 0 fully saturated rings. The van der Waals surface area contributed by atoms with E-state index in [4.69, 9.17) is 9.47 Å². The molecule has 27 heavy (non-hydrogen) atoms. The molecule has 0 heterocycles. The number of nitro benzene ring substituents is 1. The Bertz CT molecular complexity index is 726. The molecule has 0 saturated carbocycles. The number of nitrogens with one attached hydrogen (secondary N) is 2. The van der Waals surface area contributed by atoms with E-state index in [9.17, 15) is 24.5 Å². The molecule has 0 radical (unpaired) electrons. The lowest BCUT2D eigenvalue weighted by molar-refractivity contribution is -0.384. The number of hydrogen-bond donors (Lipinski definition) is 2. The van der Waals surface area contributed by atoms with Gasteiger partial charge < -0.3 is 24.8 Å². The second kappa shape index (κ2) is 10.6. The summed E-state index contributed by atoms with van der Waals surface area (Å²) in [5.74, 6) is -2.46. The smallest absolute Gasteiger partial charge is 0.344 e. The minimum absolute atomic E-state index is 0.0452. The van der Waals surface area contributed by atoms with Crippen molar-refractivity contribution >= 4 is 23.5 Å². The number of methoxy groups -OCH3 is 3. The van der Waals surface area contributed by atoms with Gasteiger partial charge in [-0.05, 0) is 12.1 Å². The van der Waals surface area contributed by atoms with E-state index < -0.39 is 34.6 Å². The van der Waals surface area contributed by atoms with Gasteiger partial charge in [0.1, 0.15) is 5.57 Å². The number of non-ortho nitro benzene ring substituents is 1. The molecule has 1 rings (SSSR count). The van der Waals surface area contributed by atoms with E-state index in [1.54, 1.807) is 0 Å². The van der Waals surface area contributed by atoms with Crippen molar-refractivity contribution in [2.75, 3.05) is 27.9 Å². The molecular formula is C16H19N3O8. The lowest BCUT2D eigenvalue weighted by atomic mass is 10.2. The number of carbonyl (C=O) groups is 3. The van der Waals surface area contributed by atoms with Crippen LogP contribution in [0.3, 0.4) is 0 Å². The van der Waals surface area contributed by atoms with Crippen LogP contribution in [0, 0.1) is 10.1 Å². The first kappa shape index (κ1) is 21.7.